The summed E-state index contributed by atoms with van der Waals surface area (Å²) in [6.07, 6.45) is 2.98. The highest BCUT2D eigenvalue weighted by molar-refractivity contribution is 6.08. The molecule has 1 N–H and O–H groups in total. The first-order valence-electron chi connectivity index (χ1n) is 8.63. The zero-order chi connectivity index (χ0) is 18.3. The number of carbonyl (C=O) groups is 1. The maximum Gasteiger partial charge on any atom is 0.329 e. The number of nitrogens with zero attached hydrogens (tertiary/aromatic N) is 3. The van der Waals surface area contributed by atoms with Crippen molar-refractivity contribution in [2.24, 2.45) is 0 Å². The Kier molecular flexibility index (Phi) is 3.91. The van der Waals surface area contributed by atoms with E-state index in [9.17, 15) is 14.4 Å². The van der Waals surface area contributed by atoms with Crippen LogP contribution in [0.5, 0.6) is 0 Å². The Bertz CT molecular complexity index is 1130. The molecule has 0 spiro atoms. The topological polar surface area (TPSA) is 88.1 Å². The molecule has 3 heterocycles. The fourth-order valence-electron chi connectivity index (χ4n) is 3.42. The average Bonchev–Trinajstić information content (AvgIpc) is 3.08. The van der Waals surface area contributed by atoms with Crippen molar-refractivity contribution < 1.29 is 4.79 Å². The first-order valence-corrected chi connectivity index (χ1v) is 8.63. The van der Waals surface area contributed by atoms with Gasteiger partial charge in [0.1, 0.15) is 5.65 Å². The molecule has 0 bridgehead atoms. The van der Waals surface area contributed by atoms with Crippen molar-refractivity contribution >= 4 is 22.6 Å². The third-order valence-electron chi connectivity index (χ3n) is 4.66. The summed E-state index contributed by atoms with van der Waals surface area (Å²) in [6, 6.07) is 9.31. The number of hydrogen-bond donors (Lipinski definition) is 1. The minimum atomic E-state index is -0.527. The first-order chi connectivity index (χ1) is 12.6. The smallest absolute Gasteiger partial charge is 0.308 e. The van der Waals surface area contributed by atoms with Crippen LogP contribution in [0.2, 0.25) is 0 Å². The van der Waals surface area contributed by atoms with E-state index < -0.39 is 11.2 Å². The van der Waals surface area contributed by atoms with E-state index in [1.165, 1.54) is 16.8 Å². The van der Waals surface area contributed by atoms with E-state index in [1.807, 2.05) is 31.2 Å². The minimum absolute atomic E-state index is 0.197. The molecule has 1 aliphatic heterocycles. The van der Waals surface area contributed by atoms with Gasteiger partial charge in [0.2, 0.25) is 0 Å². The Morgan fingerprint density at radius 1 is 1.27 bits per heavy atom. The second-order valence-electron chi connectivity index (χ2n) is 6.34. The normalized spacial score (nSPS) is 13.2. The van der Waals surface area contributed by atoms with Gasteiger partial charge in [0.25, 0.3) is 11.5 Å². The maximum absolute atomic E-state index is 12.9. The molecule has 0 unspecified atom stereocenters. The summed E-state index contributed by atoms with van der Waals surface area (Å²) < 4.78 is 1.43. The zero-order valence-electron chi connectivity index (χ0n) is 14.4. The molecular formula is C19H18N4O3. The predicted octanol–water partition coefficient (Wildman–Crippen LogP) is 1.70. The highest BCUT2D eigenvalue weighted by Gasteiger charge is 2.26. The van der Waals surface area contributed by atoms with Crippen LogP contribution in [0.15, 0.2) is 46.1 Å². The summed E-state index contributed by atoms with van der Waals surface area (Å²) in [7, 11) is 0. The summed E-state index contributed by atoms with van der Waals surface area (Å²) in [5, 5.41) is 0.247. The number of hydrogen-bond acceptors (Lipinski definition) is 4. The van der Waals surface area contributed by atoms with Crippen LogP contribution in [0.25, 0.3) is 11.0 Å². The monoisotopic (exact) mass is 350 g/mol. The molecule has 0 saturated carbocycles. The number of carbonyl (C=O) groups excluding carboxylic acids is 1. The van der Waals surface area contributed by atoms with Gasteiger partial charge < -0.3 is 4.90 Å². The van der Waals surface area contributed by atoms with Gasteiger partial charge in [-0.25, -0.2) is 9.78 Å². The molecule has 1 aliphatic rings. The fraction of sp³-hybridized carbons (Fsp3) is 0.263. The van der Waals surface area contributed by atoms with Crippen LogP contribution in [0, 0.1) is 0 Å². The largest absolute Gasteiger partial charge is 0.329 e. The lowest BCUT2D eigenvalue weighted by molar-refractivity contribution is 0.0989. The third kappa shape index (κ3) is 2.52. The molecule has 0 atom stereocenters. The van der Waals surface area contributed by atoms with Crippen LogP contribution >= 0.6 is 0 Å². The second-order valence-corrected chi connectivity index (χ2v) is 6.34. The molecule has 1 aromatic carbocycles. The number of amides is 1. The molecule has 7 nitrogen and oxygen atoms in total. The van der Waals surface area contributed by atoms with E-state index in [0.717, 1.165) is 24.1 Å². The quantitative estimate of drug-likeness (QED) is 0.779. The molecule has 3 aromatic rings. The van der Waals surface area contributed by atoms with Crippen molar-refractivity contribution in [3.05, 3.63) is 68.5 Å². The Morgan fingerprint density at radius 3 is 2.88 bits per heavy atom. The zero-order valence-corrected chi connectivity index (χ0v) is 14.4. The van der Waals surface area contributed by atoms with Crippen LogP contribution in [0.1, 0.15) is 29.3 Å². The molecule has 4 rings (SSSR count). The van der Waals surface area contributed by atoms with Gasteiger partial charge in [0.05, 0.1) is 10.9 Å². The van der Waals surface area contributed by atoms with Gasteiger partial charge in [-0.3, -0.25) is 19.1 Å². The number of nitrogens with one attached hydrogen (secondary N) is 1. The van der Waals surface area contributed by atoms with Crippen LogP contribution in [-0.4, -0.2) is 27.0 Å². The van der Waals surface area contributed by atoms with E-state index in [2.05, 4.69) is 9.97 Å². The van der Waals surface area contributed by atoms with Crippen molar-refractivity contribution in [3.8, 4) is 0 Å². The van der Waals surface area contributed by atoms with Crippen molar-refractivity contribution in [1.29, 1.82) is 0 Å². The first kappa shape index (κ1) is 16.3. The Morgan fingerprint density at radius 2 is 2.08 bits per heavy atom. The number of H-pyrrole nitrogens is 1. The van der Waals surface area contributed by atoms with E-state index in [0.29, 0.717) is 24.3 Å². The number of aromatic nitrogens is 3. The third-order valence-corrected chi connectivity index (χ3v) is 4.66. The van der Waals surface area contributed by atoms with Gasteiger partial charge in [0.15, 0.2) is 0 Å². The van der Waals surface area contributed by atoms with Crippen molar-refractivity contribution in [1.82, 2.24) is 14.5 Å². The summed E-state index contributed by atoms with van der Waals surface area (Å²) in [4.78, 5) is 45.4. The van der Waals surface area contributed by atoms with Gasteiger partial charge in [0, 0.05) is 25.0 Å². The summed E-state index contributed by atoms with van der Waals surface area (Å²) in [5.41, 5.74) is 1.65. The van der Waals surface area contributed by atoms with Crippen molar-refractivity contribution in [2.45, 2.75) is 26.3 Å². The average molecular weight is 350 g/mol. The second kappa shape index (κ2) is 6.25. The molecule has 2 aromatic heterocycles. The molecule has 1 amide bonds. The number of rotatable bonds is 3. The van der Waals surface area contributed by atoms with E-state index in [1.54, 1.807) is 4.90 Å². The maximum atomic E-state index is 12.9. The standard InChI is InChI=1S/C19H18N4O3/c1-2-8-23-16-14(17(24)21-19(23)26)10-13(11-20-16)18(25)22-9-7-12-5-3-4-6-15(12)22/h3-6,10-11H,2,7-9H2,1H3,(H,21,24,26). The van der Waals surface area contributed by atoms with Crippen molar-refractivity contribution in [2.75, 3.05) is 11.4 Å². The molecule has 0 fully saturated rings. The van der Waals surface area contributed by atoms with Gasteiger partial charge in [-0.2, -0.15) is 0 Å². The highest BCUT2D eigenvalue weighted by Crippen LogP contribution is 2.28. The Balaban J connectivity index is 1.80. The molecule has 7 heteroatoms. The van der Waals surface area contributed by atoms with Gasteiger partial charge in [-0.1, -0.05) is 25.1 Å². The summed E-state index contributed by atoms with van der Waals surface area (Å²) in [5.74, 6) is -0.197. The molecule has 0 saturated heterocycles. The predicted molar refractivity (Wildman–Crippen MR) is 98.7 cm³/mol. The van der Waals surface area contributed by atoms with Crippen LogP contribution in [-0.2, 0) is 13.0 Å². The fourth-order valence-corrected chi connectivity index (χ4v) is 3.42. The summed E-state index contributed by atoms with van der Waals surface area (Å²) in [6.45, 7) is 2.99. The summed E-state index contributed by atoms with van der Waals surface area (Å²) >= 11 is 0. The Hall–Kier alpha value is -3.22. The van der Waals surface area contributed by atoms with E-state index >= 15 is 0 Å². The highest BCUT2D eigenvalue weighted by atomic mass is 16.2. The Labute approximate surface area is 148 Å². The molecule has 0 aliphatic carbocycles. The lowest BCUT2D eigenvalue weighted by Gasteiger charge is -2.17. The van der Waals surface area contributed by atoms with Gasteiger partial charge >= 0.3 is 5.69 Å². The van der Waals surface area contributed by atoms with Crippen molar-refractivity contribution in [3.63, 3.8) is 0 Å². The van der Waals surface area contributed by atoms with Gasteiger partial charge in [-0.05, 0) is 30.5 Å². The minimum Gasteiger partial charge on any atom is -0.308 e. The number of aromatic amines is 1. The number of benzene rings is 1. The number of para-hydroxylation sites is 1. The number of anilines is 1. The van der Waals surface area contributed by atoms with E-state index in [-0.39, 0.29) is 11.3 Å². The molecule has 132 valence electrons. The van der Waals surface area contributed by atoms with Crippen LogP contribution in [0.3, 0.4) is 0 Å². The van der Waals surface area contributed by atoms with Crippen LogP contribution in [0.4, 0.5) is 5.69 Å². The van der Waals surface area contributed by atoms with Crippen LogP contribution < -0.4 is 16.1 Å². The lowest BCUT2D eigenvalue weighted by atomic mass is 10.1. The lowest BCUT2D eigenvalue weighted by Crippen LogP contribution is -2.32. The molecular weight excluding hydrogens is 332 g/mol. The molecule has 0 radical (unpaired) electrons. The number of pyridine rings is 1. The van der Waals surface area contributed by atoms with Gasteiger partial charge in [-0.15, -0.1) is 0 Å². The molecule has 26 heavy (non-hydrogen) atoms. The number of fused-ring (bicyclic) bond motifs is 2. The number of aryl methyl sites for hydroxylation is 1. The van der Waals surface area contributed by atoms with E-state index in [4.69, 9.17) is 0 Å². The SMILES string of the molecule is CCCn1c(=O)[nH]c(=O)c2cc(C(=O)N3CCc4ccccc43)cnc21.